The van der Waals surface area contributed by atoms with Crippen LogP contribution in [0, 0.1) is 12.8 Å². The van der Waals surface area contributed by atoms with Crippen LogP contribution in [0.3, 0.4) is 0 Å². The zero-order valence-electron chi connectivity index (χ0n) is 14.3. The summed E-state index contributed by atoms with van der Waals surface area (Å²) in [6, 6.07) is 1.67. The second-order valence-corrected chi connectivity index (χ2v) is 7.05. The van der Waals surface area contributed by atoms with Crippen LogP contribution in [-0.2, 0) is 4.79 Å². The summed E-state index contributed by atoms with van der Waals surface area (Å²) in [6.45, 7) is 7.56. The molecule has 0 fully saturated rings. The fourth-order valence-corrected chi connectivity index (χ4v) is 3.17. The maximum absolute atomic E-state index is 12.3. The number of anilines is 1. The standard InChI is InChI=1S/C17H22N4O2S/c1-10(2)5-14(19-12(4)22)17-21-15(9-24-17)16(23)20-13-6-11(3)7-18-8-13/h6-10,14H,5H2,1-4H3,(H,19,22)(H,20,23)/t14-/m1/s1. The second-order valence-electron chi connectivity index (χ2n) is 6.16. The Hall–Kier alpha value is -2.28. The first-order chi connectivity index (χ1) is 11.3. The smallest absolute Gasteiger partial charge is 0.275 e. The average molecular weight is 346 g/mol. The van der Waals surface area contributed by atoms with Crippen molar-refractivity contribution in [1.29, 1.82) is 0 Å². The van der Waals surface area contributed by atoms with E-state index in [0.29, 0.717) is 17.3 Å². The lowest BCUT2D eigenvalue weighted by Crippen LogP contribution is -2.27. The minimum atomic E-state index is -0.281. The van der Waals surface area contributed by atoms with E-state index in [0.717, 1.165) is 17.0 Å². The molecule has 24 heavy (non-hydrogen) atoms. The number of hydrogen-bond acceptors (Lipinski definition) is 5. The van der Waals surface area contributed by atoms with Gasteiger partial charge in [0.15, 0.2) is 0 Å². The van der Waals surface area contributed by atoms with Gasteiger partial charge in [0, 0.05) is 18.5 Å². The monoisotopic (exact) mass is 346 g/mol. The van der Waals surface area contributed by atoms with Crippen molar-refractivity contribution in [1.82, 2.24) is 15.3 Å². The first-order valence-corrected chi connectivity index (χ1v) is 8.68. The number of rotatable bonds is 6. The molecule has 128 valence electrons. The zero-order valence-corrected chi connectivity index (χ0v) is 15.1. The first kappa shape index (κ1) is 18.1. The van der Waals surface area contributed by atoms with Gasteiger partial charge in [0.2, 0.25) is 5.91 Å². The van der Waals surface area contributed by atoms with E-state index in [4.69, 9.17) is 0 Å². The van der Waals surface area contributed by atoms with Gasteiger partial charge < -0.3 is 10.6 Å². The Morgan fingerprint density at radius 2 is 2.04 bits per heavy atom. The van der Waals surface area contributed by atoms with Crippen molar-refractivity contribution in [2.75, 3.05) is 5.32 Å². The van der Waals surface area contributed by atoms with Crippen molar-refractivity contribution in [3.63, 3.8) is 0 Å². The number of nitrogens with one attached hydrogen (secondary N) is 2. The number of carbonyl (C=O) groups is 2. The fourth-order valence-electron chi connectivity index (χ4n) is 2.31. The highest BCUT2D eigenvalue weighted by Crippen LogP contribution is 2.25. The zero-order chi connectivity index (χ0) is 17.7. The van der Waals surface area contributed by atoms with Gasteiger partial charge in [-0.25, -0.2) is 4.98 Å². The molecule has 0 unspecified atom stereocenters. The van der Waals surface area contributed by atoms with Crippen LogP contribution < -0.4 is 10.6 Å². The summed E-state index contributed by atoms with van der Waals surface area (Å²) in [6.07, 6.45) is 4.09. The van der Waals surface area contributed by atoms with Gasteiger partial charge >= 0.3 is 0 Å². The summed E-state index contributed by atoms with van der Waals surface area (Å²) >= 11 is 1.38. The number of amides is 2. The van der Waals surface area contributed by atoms with E-state index in [1.54, 1.807) is 17.8 Å². The lowest BCUT2D eigenvalue weighted by molar-refractivity contribution is -0.119. The molecule has 2 rings (SSSR count). The highest BCUT2D eigenvalue weighted by molar-refractivity contribution is 7.10. The van der Waals surface area contributed by atoms with Crippen molar-refractivity contribution in [2.24, 2.45) is 5.92 Å². The summed E-state index contributed by atoms with van der Waals surface area (Å²) in [5, 5.41) is 8.15. The number of carbonyl (C=O) groups excluding carboxylic acids is 2. The number of thiazole rings is 1. The van der Waals surface area contributed by atoms with Crippen molar-refractivity contribution in [2.45, 2.75) is 40.2 Å². The maximum atomic E-state index is 12.3. The van der Waals surface area contributed by atoms with Crippen LogP contribution in [-0.4, -0.2) is 21.8 Å². The predicted molar refractivity (Wildman–Crippen MR) is 95.1 cm³/mol. The second kappa shape index (κ2) is 8.01. The van der Waals surface area contributed by atoms with Crippen molar-refractivity contribution in [3.05, 3.63) is 40.1 Å². The van der Waals surface area contributed by atoms with Crippen LogP contribution in [0.1, 0.15) is 54.3 Å². The molecular formula is C17H22N4O2S. The molecule has 0 bridgehead atoms. The molecular weight excluding hydrogens is 324 g/mol. The van der Waals surface area contributed by atoms with E-state index in [-0.39, 0.29) is 17.9 Å². The molecule has 0 spiro atoms. The molecule has 1 atom stereocenters. The van der Waals surface area contributed by atoms with Crippen LogP contribution in [0.4, 0.5) is 5.69 Å². The van der Waals surface area contributed by atoms with E-state index >= 15 is 0 Å². The summed E-state index contributed by atoms with van der Waals surface area (Å²) < 4.78 is 0. The Kier molecular flexibility index (Phi) is 6.03. The third-order valence-corrected chi connectivity index (χ3v) is 4.23. The fraction of sp³-hybridized carbons (Fsp3) is 0.412. The molecule has 2 aromatic rings. The molecule has 6 nitrogen and oxygen atoms in total. The van der Waals surface area contributed by atoms with Gasteiger partial charge in [-0.05, 0) is 30.9 Å². The van der Waals surface area contributed by atoms with Crippen LogP contribution in [0.5, 0.6) is 0 Å². The molecule has 0 aliphatic rings. The highest BCUT2D eigenvalue weighted by atomic mass is 32.1. The molecule has 0 aromatic carbocycles. The Morgan fingerprint density at radius 3 is 2.67 bits per heavy atom. The van der Waals surface area contributed by atoms with Gasteiger partial charge in [0.1, 0.15) is 10.7 Å². The lowest BCUT2D eigenvalue weighted by Gasteiger charge is -2.17. The number of aryl methyl sites for hydroxylation is 1. The minimum absolute atomic E-state index is 0.104. The van der Waals surface area contributed by atoms with Crippen LogP contribution >= 0.6 is 11.3 Å². The summed E-state index contributed by atoms with van der Waals surface area (Å²) in [4.78, 5) is 32.2. The van der Waals surface area contributed by atoms with Crippen LogP contribution in [0.25, 0.3) is 0 Å². The molecule has 2 heterocycles. The number of nitrogens with zero attached hydrogens (tertiary/aromatic N) is 2. The maximum Gasteiger partial charge on any atom is 0.275 e. The van der Waals surface area contributed by atoms with Crippen molar-refractivity contribution < 1.29 is 9.59 Å². The van der Waals surface area contributed by atoms with Gasteiger partial charge in [-0.2, -0.15) is 0 Å². The Bertz CT molecular complexity index is 727. The molecule has 0 aliphatic heterocycles. The predicted octanol–water partition coefficient (Wildman–Crippen LogP) is 3.32. The van der Waals surface area contributed by atoms with E-state index in [9.17, 15) is 9.59 Å². The molecule has 0 aliphatic carbocycles. The molecule has 0 saturated carbocycles. The van der Waals surface area contributed by atoms with Gasteiger partial charge in [0.05, 0.1) is 17.9 Å². The molecule has 2 amide bonds. The number of hydrogen-bond donors (Lipinski definition) is 2. The molecule has 0 saturated heterocycles. The van der Waals surface area contributed by atoms with E-state index in [2.05, 4.69) is 34.4 Å². The third kappa shape index (κ3) is 5.13. The van der Waals surface area contributed by atoms with E-state index in [1.807, 2.05) is 13.0 Å². The first-order valence-electron chi connectivity index (χ1n) is 7.80. The lowest BCUT2D eigenvalue weighted by atomic mass is 10.0. The van der Waals surface area contributed by atoms with E-state index in [1.165, 1.54) is 18.3 Å². The Balaban J connectivity index is 2.12. The average Bonchev–Trinajstić information content (AvgIpc) is 2.95. The summed E-state index contributed by atoms with van der Waals surface area (Å²) in [5.41, 5.74) is 1.94. The third-order valence-electron chi connectivity index (χ3n) is 3.27. The minimum Gasteiger partial charge on any atom is -0.347 e. The molecule has 2 aromatic heterocycles. The van der Waals surface area contributed by atoms with Crippen molar-refractivity contribution in [3.8, 4) is 0 Å². The normalized spacial score (nSPS) is 12.0. The summed E-state index contributed by atoms with van der Waals surface area (Å²) in [7, 11) is 0. The SMILES string of the molecule is CC(=O)N[C@H](CC(C)C)c1nc(C(=O)Nc2cncc(C)c2)cs1. The molecule has 0 radical (unpaired) electrons. The Morgan fingerprint density at radius 1 is 1.29 bits per heavy atom. The van der Waals surface area contributed by atoms with Crippen molar-refractivity contribution >= 4 is 28.8 Å². The van der Waals surface area contributed by atoms with Gasteiger partial charge in [-0.15, -0.1) is 11.3 Å². The van der Waals surface area contributed by atoms with Crippen LogP contribution in [0.15, 0.2) is 23.8 Å². The van der Waals surface area contributed by atoms with Crippen LogP contribution in [0.2, 0.25) is 0 Å². The topological polar surface area (TPSA) is 84.0 Å². The van der Waals surface area contributed by atoms with E-state index < -0.39 is 0 Å². The van der Waals surface area contributed by atoms with Gasteiger partial charge in [-0.3, -0.25) is 14.6 Å². The molecule has 7 heteroatoms. The highest BCUT2D eigenvalue weighted by Gasteiger charge is 2.20. The van der Waals surface area contributed by atoms with Gasteiger partial charge in [-0.1, -0.05) is 13.8 Å². The quantitative estimate of drug-likeness (QED) is 0.840. The number of aromatic nitrogens is 2. The molecule has 2 N–H and O–H groups in total. The number of pyridine rings is 1. The Labute approximate surface area is 145 Å². The van der Waals surface area contributed by atoms with Gasteiger partial charge in [0.25, 0.3) is 5.91 Å². The summed E-state index contributed by atoms with van der Waals surface area (Å²) in [5.74, 6) is 0.0186. The largest absolute Gasteiger partial charge is 0.347 e.